The Bertz CT molecular complexity index is 726. The Morgan fingerprint density at radius 2 is 2.05 bits per heavy atom. The second-order valence-corrected chi connectivity index (χ2v) is 5.26. The van der Waals surface area contributed by atoms with Crippen LogP contribution in [0.15, 0.2) is 58.7 Å². The molecule has 1 aromatic carbocycles. The summed E-state index contributed by atoms with van der Waals surface area (Å²) in [6.07, 6.45) is 5.21. The zero-order chi connectivity index (χ0) is 14.7. The number of hydrogen-bond donors (Lipinski definition) is 1. The number of rotatable bonds is 2. The summed E-state index contributed by atoms with van der Waals surface area (Å²) in [6.45, 7) is 0. The lowest BCUT2D eigenvalue weighted by molar-refractivity contribution is 0.265. The number of amidine groups is 1. The summed E-state index contributed by atoms with van der Waals surface area (Å²) >= 11 is 1.07. The molecule has 2 aromatic rings. The first-order chi connectivity index (χ1) is 10.2. The molecule has 0 radical (unpaired) electrons. The lowest BCUT2D eigenvalue weighted by atomic mass is 10.2. The first-order valence-electron chi connectivity index (χ1n) is 6.16. The Kier molecular flexibility index (Phi) is 3.79. The maximum Gasteiger partial charge on any atom is 0.289 e. The van der Waals surface area contributed by atoms with Gasteiger partial charge < -0.3 is 5.32 Å². The number of nitrogens with zero attached hydrogens (tertiary/aromatic N) is 2. The van der Waals surface area contributed by atoms with Crippen LogP contribution in [0.4, 0.5) is 14.9 Å². The van der Waals surface area contributed by atoms with E-state index in [4.69, 9.17) is 0 Å². The average Bonchev–Trinajstić information content (AvgIpc) is 2.82. The molecule has 1 fully saturated rings. The molecule has 3 rings (SSSR count). The molecule has 0 unspecified atom stereocenters. The highest BCUT2D eigenvalue weighted by Crippen LogP contribution is 2.28. The fraction of sp³-hybridized carbons (Fsp3) is 0. The summed E-state index contributed by atoms with van der Waals surface area (Å²) in [7, 11) is 0. The lowest BCUT2D eigenvalue weighted by Crippen LogP contribution is -2.18. The van der Waals surface area contributed by atoms with E-state index in [1.807, 2.05) is 18.2 Å². The van der Waals surface area contributed by atoms with E-state index in [2.05, 4.69) is 15.3 Å². The van der Waals surface area contributed by atoms with Gasteiger partial charge in [-0.25, -0.2) is 9.38 Å². The van der Waals surface area contributed by atoms with Crippen molar-refractivity contribution in [3.05, 3.63) is 65.1 Å². The summed E-state index contributed by atoms with van der Waals surface area (Å²) in [6, 6.07) is 9.47. The molecular weight excluding hydrogens is 289 g/mol. The maximum absolute atomic E-state index is 12.9. The fourth-order valence-corrected chi connectivity index (χ4v) is 2.51. The minimum atomic E-state index is -0.324. The number of halogens is 1. The van der Waals surface area contributed by atoms with Gasteiger partial charge in [0, 0.05) is 12.4 Å². The van der Waals surface area contributed by atoms with Crippen molar-refractivity contribution < 1.29 is 9.18 Å². The number of nitrogens with one attached hydrogen (secondary N) is 1. The van der Waals surface area contributed by atoms with E-state index in [1.54, 1.807) is 24.5 Å². The monoisotopic (exact) mass is 299 g/mol. The van der Waals surface area contributed by atoms with Crippen LogP contribution >= 0.6 is 11.8 Å². The number of carbonyl (C=O) groups is 1. The van der Waals surface area contributed by atoms with Crippen molar-refractivity contribution in [3.63, 3.8) is 0 Å². The van der Waals surface area contributed by atoms with Gasteiger partial charge in [-0.2, -0.15) is 0 Å². The van der Waals surface area contributed by atoms with Gasteiger partial charge in [0.15, 0.2) is 0 Å². The van der Waals surface area contributed by atoms with Crippen molar-refractivity contribution in [2.24, 2.45) is 4.99 Å². The van der Waals surface area contributed by atoms with E-state index < -0.39 is 0 Å². The summed E-state index contributed by atoms with van der Waals surface area (Å²) in [5.74, 6) is 0.135. The fourth-order valence-electron chi connectivity index (χ4n) is 1.77. The molecule has 1 aliphatic heterocycles. The van der Waals surface area contributed by atoms with Crippen molar-refractivity contribution in [2.45, 2.75) is 0 Å². The van der Waals surface area contributed by atoms with Gasteiger partial charge in [0.1, 0.15) is 11.7 Å². The van der Waals surface area contributed by atoms with Crippen LogP contribution in [-0.2, 0) is 0 Å². The highest BCUT2D eigenvalue weighted by molar-refractivity contribution is 8.18. The molecule has 0 aliphatic carbocycles. The minimum Gasteiger partial charge on any atom is -0.300 e. The molecule has 1 aromatic heterocycles. The van der Waals surface area contributed by atoms with Crippen LogP contribution in [0.3, 0.4) is 0 Å². The molecule has 0 bridgehead atoms. The van der Waals surface area contributed by atoms with Crippen LogP contribution in [0.5, 0.6) is 0 Å². The molecule has 1 aliphatic rings. The number of hydrogen-bond acceptors (Lipinski definition) is 4. The Morgan fingerprint density at radius 1 is 1.24 bits per heavy atom. The molecule has 0 saturated carbocycles. The first kappa shape index (κ1) is 13.5. The Hall–Kier alpha value is -2.47. The summed E-state index contributed by atoms with van der Waals surface area (Å²) in [4.78, 5) is 20.6. The second kappa shape index (κ2) is 5.88. The standard InChI is InChI=1S/C15H10FN3OS/c16-11-3-5-12(6-4-11)18-14-13(21-15(20)19-14)8-10-2-1-7-17-9-10/h1-9H,(H,18,19,20). The Labute approximate surface area is 124 Å². The maximum atomic E-state index is 12.9. The van der Waals surface area contributed by atoms with Gasteiger partial charge in [0.25, 0.3) is 5.24 Å². The average molecular weight is 299 g/mol. The predicted octanol–water partition coefficient (Wildman–Crippen LogP) is 3.75. The molecule has 0 spiro atoms. The van der Waals surface area contributed by atoms with Crippen molar-refractivity contribution >= 4 is 34.6 Å². The van der Waals surface area contributed by atoms with Crippen LogP contribution < -0.4 is 5.32 Å². The Morgan fingerprint density at radius 3 is 2.76 bits per heavy atom. The molecule has 0 atom stereocenters. The zero-order valence-corrected chi connectivity index (χ0v) is 11.6. The molecule has 1 N–H and O–H groups in total. The van der Waals surface area contributed by atoms with Crippen LogP contribution in [0.1, 0.15) is 5.56 Å². The van der Waals surface area contributed by atoms with Crippen LogP contribution in [0, 0.1) is 5.82 Å². The van der Waals surface area contributed by atoms with E-state index in [0.717, 1.165) is 17.3 Å². The summed E-state index contributed by atoms with van der Waals surface area (Å²) < 4.78 is 12.9. The van der Waals surface area contributed by atoms with Crippen LogP contribution in [0.25, 0.3) is 6.08 Å². The van der Waals surface area contributed by atoms with E-state index >= 15 is 0 Å². The first-order valence-corrected chi connectivity index (χ1v) is 6.97. The molecule has 6 heteroatoms. The van der Waals surface area contributed by atoms with Gasteiger partial charge in [0.05, 0.1) is 10.6 Å². The zero-order valence-electron chi connectivity index (χ0n) is 10.8. The molecular formula is C15H10FN3OS. The molecule has 4 nitrogen and oxygen atoms in total. The number of thioether (sulfide) groups is 1. The van der Waals surface area contributed by atoms with Gasteiger partial charge in [-0.1, -0.05) is 6.07 Å². The van der Waals surface area contributed by atoms with Crippen molar-refractivity contribution in [3.8, 4) is 0 Å². The van der Waals surface area contributed by atoms with Crippen LogP contribution in [0.2, 0.25) is 0 Å². The smallest absolute Gasteiger partial charge is 0.289 e. The van der Waals surface area contributed by atoms with Gasteiger partial charge in [-0.15, -0.1) is 0 Å². The van der Waals surface area contributed by atoms with Gasteiger partial charge in [0.2, 0.25) is 0 Å². The Balaban J connectivity index is 1.94. The molecule has 1 saturated heterocycles. The van der Waals surface area contributed by atoms with Gasteiger partial charge >= 0.3 is 0 Å². The van der Waals surface area contributed by atoms with Crippen molar-refractivity contribution in [2.75, 3.05) is 0 Å². The van der Waals surface area contributed by atoms with Crippen molar-refractivity contribution in [1.82, 2.24) is 10.3 Å². The third kappa shape index (κ3) is 3.35. The molecule has 104 valence electrons. The summed E-state index contributed by atoms with van der Waals surface area (Å²) in [5.41, 5.74) is 1.45. The second-order valence-electron chi connectivity index (χ2n) is 4.25. The molecule has 1 amide bonds. The summed E-state index contributed by atoms with van der Waals surface area (Å²) in [5, 5.41) is 2.49. The highest BCUT2D eigenvalue weighted by atomic mass is 32.2. The SMILES string of the molecule is O=C1NC(=Nc2ccc(F)cc2)C(=Cc2cccnc2)S1. The third-order valence-corrected chi connectivity index (χ3v) is 3.52. The van der Waals surface area contributed by atoms with Gasteiger partial charge in [-0.05, 0) is 53.7 Å². The van der Waals surface area contributed by atoms with E-state index in [9.17, 15) is 9.18 Å². The highest BCUT2D eigenvalue weighted by Gasteiger charge is 2.23. The number of aromatic nitrogens is 1. The van der Waals surface area contributed by atoms with E-state index in [-0.39, 0.29) is 11.1 Å². The predicted molar refractivity (Wildman–Crippen MR) is 81.8 cm³/mol. The quantitative estimate of drug-likeness (QED) is 0.919. The van der Waals surface area contributed by atoms with E-state index in [1.165, 1.54) is 12.1 Å². The molecule has 21 heavy (non-hydrogen) atoms. The van der Waals surface area contributed by atoms with E-state index in [0.29, 0.717) is 16.4 Å². The number of benzene rings is 1. The van der Waals surface area contributed by atoms with Crippen LogP contribution in [-0.4, -0.2) is 16.1 Å². The topological polar surface area (TPSA) is 54.4 Å². The lowest BCUT2D eigenvalue weighted by Gasteiger charge is -2.00. The third-order valence-electron chi connectivity index (χ3n) is 2.71. The minimum absolute atomic E-state index is 0.189. The number of carbonyl (C=O) groups excluding carboxylic acids is 1. The molecule has 2 heterocycles. The normalized spacial score (nSPS) is 18.2. The number of amides is 1. The number of pyridine rings is 1. The number of aliphatic imine (C=N–C) groups is 1. The largest absolute Gasteiger partial charge is 0.300 e. The van der Waals surface area contributed by atoms with Gasteiger partial charge in [-0.3, -0.25) is 9.78 Å². The van der Waals surface area contributed by atoms with Crippen molar-refractivity contribution in [1.29, 1.82) is 0 Å².